The fraction of sp³-hybridized carbons (Fsp3) is 0.471. The van der Waals surface area contributed by atoms with Crippen molar-refractivity contribution >= 4 is 11.7 Å². The number of ether oxygens (including phenoxy) is 1. The fourth-order valence-corrected chi connectivity index (χ4v) is 2.06. The fourth-order valence-electron chi connectivity index (χ4n) is 2.06. The van der Waals surface area contributed by atoms with Gasteiger partial charge in [-0.25, -0.2) is 4.79 Å². The maximum Gasteiger partial charge on any atom is 0.328 e. The van der Waals surface area contributed by atoms with E-state index in [2.05, 4.69) is 11.9 Å². The molecule has 110 valence electrons. The van der Waals surface area contributed by atoms with Gasteiger partial charge in [-0.05, 0) is 38.3 Å². The third kappa shape index (κ3) is 5.91. The van der Waals surface area contributed by atoms with Crippen molar-refractivity contribution in [1.82, 2.24) is 0 Å². The van der Waals surface area contributed by atoms with E-state index in [1.807, 2.05) is 37.3 Å². The van der Waals surface area contributed by atoms with Crippen LogP contribution < -0.4 is 5.32 Å². The van der Waals surface area contributed by atoms with Crippen molar-refractivity contribution in [1.29, 1.82) is 0 Å². The number of hydrogen-bond acceptors (Lipinski definition) is 3. The van der Waals surface area contributed by atoms with Crippen molar-refractivity contribution < 1.29 is 9.53 Å². The molecule has 0 fully saturated rings. The Bertz CT molecular complexity index is 412. The molecule has 1 rings (SSSR count). The Morgan fingerprint density at radius 1 is 1.30 bits per heavy atom. The summed E-state index contributed by atoms with van der Waals surface area (Å²) in [6, 6.07) is 7.76. The standard InChI is InChI=1S/C17H25NO2/c1-4-5-6-7-8-9-16(17(19)20-3)18-15-12-10-14(2)11-13-15/h4,10-13,16,18H,1,5-9H2,2-3H3/t16-/m0/s1. The van der Waals surface area contributed by atoms with Crippen LogP contribution in [0.1, 0.15) is 37.7 Å². The third-order valence-corrected chi connectivity index (χ3v) is 3.28. The minimum atomic E-state index is -0.272. The molecule has 0 unspecified atom stereocenters. The first-order chi connectivity index (χ1) is 9.67. The van der Waals surface area contributed by atoms with Crippen molar-refractivity contribution in [3.05, 3.63) is 42.5 Å². The van der Waals surface area contributed by atoms with Gasteiger partial charge in [0.2, 0.25) is 0 Å². The van der Waals surface area contributed by atoms with E-state index in [0.29, 0.717) is 0 Å². The summed E-state index contributed by atoms with van der Waals surface area (Å²) in [6.45, 7) is 5.75. The molecule has 0 bridgehead atoms. The highest BCUT2D eigenvalue weighted by Crippen LogP contribution is 2.14. The van der Waals surface area contributed by atoms with Crippen LogP contribution in [0.5, 0.6) is 0 Å². The lowest BCUT2D eigenvalue weighted by Crippen LogP contribution is -2.30. The molecular weight excluding hydrogens is 250 g/mol. The molecule has 20 heavy (non-hydrogen) atoms. The van der Waals surface area contributed by atoms with E-state index in [4.69, 9.17) is 4.74 Å². The minimum Gasteiger partial charge on any atom is -0.467 e. The molecule has 1 atom stereocenters. The number of allylic oxidation sites excluding steroid dienone is 1. The SMILES string of the molecule is C=CCCCCC[C@H](Nc1ccc(C)cc1)C(=O)OC. The van der Waals surface area contributed by atoms with E-state index in [-0.39, 0.29) is 12.0 Å². The number of anilines is 1. The summed E-state index contributed by atoms with van der Waals surface area (Å²) in [4.78, 5) is 11.8. The largest absolute Gasteiger partial charge is 0.467 e. The Labute approximate surface area is 122 Å². The average Bonchev–Trinajstić information content (AvgIpc) is 2.47. The molecule has 0 heterocycles. The topological polar surface area (TPSA) is 38.3 Å². The van der Waals surface area contributed by atoms with Crippen molar-refractivity contribution in [2.24, 2.45) is 0 Å². The molecule has 0 saturated heterocycles. The number of unbranched alkanes of at least 4 members (excludes halogenated alkanes) is 3. The molecule has 1 aromatic rings. The van der Waals surface area contributed by atoms with Gasteiger partial charge in [-0.1, -0.05) is 36.6 Å². The summed E-state index contributed by atoms with van der Waals surface area (Å²) in [5.41, 5.74) is 2.16. The first kappa shape index (κ1) is 16.3. The third-order valence-electron chi connectivity index (χ3n) is 3.28. The molecule has 0 aliphatic rings. The second-order valence-electron chi connectivity index (χ2n) is 5.01. The maximum atomic E-state index is 11.8. The van der Waals surface area contributed by atoms with E-state index in [1.54, 1.807) is 0 Å². The summed E-state index contributed by atoms with van der Waals surface area (Å²) in [7, 11) is 1.43. The van der Waals surface area contributed by atoms with Gasteiger partial charge in [0.15, 0.2) is 0 Å². The van der Waals surface area contributed by atoms with Crippen LogP contribution in [0.25, 0.3) is 0 Å². The van der Waals surface area contributed by atoms with Crippen molar-refractivity contribution in [3.8, 4) is 0 Å². The van der Waals surface area contributed by atoms with E-state index in [0.717, 1.165) is 37.8 Å². The van der Waals surface area contributed by atoms with E-state index >= 15 is 0 Å². The van der Waals surface area contributed by atoms with Crippen molar-refractivity contribution in [3.63, 3.8) is 0 Å². The molecular formula is C17H25NO2. The summed E-state index contributed by atoms with van der Waals surface area (Å²) in [5, 5.41) is 3.25. The lowest BCUT2D eigenvalue weighted by atomic mass is 10.1. The second kappa shape index (κ2) is 9.18. The quantitative estimate of drug-likeness (QED) is 0.419. The highest BCUT2D eigenvalue weighted by molar-refractivity contribution is 5.79. The number of hydrogen-bond donors (Lipinski definition) is 1. The number of rotatable bonds is 9. The zero-order valence-electron chi connectivity index (χ0n) is 12.5. The Morgan fingerprint density at radius 2 is 2.00 bits per heavy atom. The average molecular weight is 275 g/mol. The number of esters is 1. The predicted molar refractivity (Wildman–Crippen MR) is 83.9 cm³/mol. The van der Waals surface area contributed by atoms with Crippen LogP contribution in [-0.2, 0) is 9.53 Å². The van der Waals surface area contributed by atoms with Gasteiger partial charge in [0.05, 0.1) is 7.11 Å². The lowest BCUT2D eigenvalue weighted by molar-refractivity contribution is -0.141. The van der Waals surface area contributed by atoms with E-state index < -0.39 is 0 Å². The number of nitrogens with one attached hydrogen (secondary N) is 1. The van der Waals surface area contributed by atoms with Crippen molar-refractivity contribution in [2.75, 3.05) is 12.4 Å². The molecule has 1 aromatic carbocycles. The van der Waals surface area contributed by atoms with Crippen LogP contribution in [0.15, 0.2) is 36.9 Å². The van der Waals surface area contributed by atoms with Gasteiger partial charge >= 0.3 is 5.97 Å². The molecule has 0 spiro atoms. The molecule has 0 amide bonds. The maximum absolute atomic E-state index is 11.8. The summed E-state index contributed by atoms with van der Waals surface area (Å²) in [6.07, 6.45) is 7.00. The molecule has 0 aliphatic heterocycles. The van der Waals surface area contributed by atoms with Crippen LogP contribution >= 0.6 is 0 Å². The zero-order chi connectivity index (χ0) is 14.8. The zero-order valence-corrected chi connectivity index (χ0v) is 12.5. The normalized spacial score (nSPS) is 11.7. The Kier molecular flexibility index (Phi) is 7.48. The van der Waals surface area contributed by atoms with Gasteiger partial charge in [-0.15, -0.1) is 6.58 Å². The lowest BCUT2D eigenvalue weighted by Gasteiger charge is -2.17. The van der Waals surface area contributed by atoms with Gasteiger partial charge in [-0.3, -0.25) is 0 Å². The van der Waals surface area contributed by atoms with Gasteiger partial charge in [0.25, 0.3) is 0 Å². The number of carbonyl (C=O) groups is 1. The van der Waals surface area contributed by atoms with Gasteiger partial charge < -0.3 is 10.1 Å². The molecule has 0 aliphatic carbocycles. The summed E-state index contributed by atoms with van der Waals surface area (Å²) in [5.74, 6) is -0.200. The first-order valence-electron chi connectivity index (χ1n) is 7.19. The van der Waals surface area contributed by atoms with Crippen LogP contribution in [0.4, 0.5) is 5.69 Å². The van der Waals surface area contributed by atoms with Gasteiger partial charge in [-0.2, -0.15) is 0 Å². The first-order valence-corrected chi connectivity index (χ1v) is 7.19. The Morgan fingerprint density at radius 3 is 2.60 bits per heavy atom. The van der Waals surface area contributed by atoms with E-state index in [9.17, 15) is 4.79 Å². The van der Waals surface area contributed by atoms with Crippen LogP contribution in [0.2, 0.25) is 0 Å². The second-order valence-corrected chi connectivity index (χ2v) is 5.01. The number of methoxy groups -OCH3 is 1. The molecule has 0 radical (unpaired) electrons. The smallest absolute Gasteiger partial charge is 0.328 e. The minimum absolute atomic E-state index is 0.200. The monoisotopic (exact) mass is 275 g/mol. The van der Waals surface area contributed by atoms with E-state index in [1.165, 1.54) is 12.7 Å². The summed E-state index contributed by atoms with van der Waals surface area (Å²) < 4.78 is 4.87. The highest BCUT2D eigenvalue weighted by Gasteiger charge is 2.18. The van der Waals surface area contributed by atoms with Gasteiger partial charge in [0, 0.05) is 5.69 Å². The van der Waals surface area contributed by atoms with Crippen molar-refractivity contribution in [2.45, 2.75) is 45.1 Å². The molecule has 0 saturated carbocycles. The van der Waals surface area contributed by atoms with Gasteiger partial charge in [0.1, 0.15) is 6.04 Å². The molecule has 3 heteroatoms. The van der Waals surface area contributed by atoms with Crippen LogP contribution in [-0.4, -0.2) is 19.1 Å². The molecule has 0 aromatic heterocycles. The number of benzene rings is 1. The van der Waals surface area contributed by atoms with Crippen LogP contribution in [0, 0.1) is 6.92 Å². The number of aryl methyl sites for hydroxylation is 1. The predicted octanol–water partition coefficient (Wildman–Crippen LogP) is 4.09. The molecule has 3 nitrogen and oxygen atoms in total. The Balaban J connectivity index is 2.49. The highest BCUT2D eigenvalue weighted by atomic mass is 16.5. The number of carbonyl (C=O) groups excluding carboxylic acids is 1. The van der Waals surface area contributed by atoms with Crippen LogP contribution in [0.3, 0.4) is 0 Å². The Hall–Kier alpha value is -1.77. The summed E-state index contributed by atoms with van der Waals surface area (Å²) >= 11 is 0. The molecule has 1 N–H and O–H groups in total.